The van der Waals surface area contributed by atoms with Crippen LogP contribution >= 0.6 is 11.8 Å². The van der Waals surface area contributed by atoms with Crippen molar-refractivity contribution in [2.75, 3.05) is 0 Å². The Morgan fingerprint density at radius 2 is 1.88 bits per heavy atom. The van der Waals surface area contributed by atoms with Crippen molar-refractivity contribution in [1.29, 1.82) is 0 Å². The van der Waals surface area contributed by atoms with E-state index in [2.05, 4.69) is 36.2 Å². The molecule has 2 aromatic rings. The molecule has 1 unspecified atom stereocenters. The van der Waals surface area contributed by atoms with E-state index in [-0.39, 0.29) is 0 Å². The lowest BCUT2D eigenvalue weighted by molar-refractivity contribution is 0.195. The van der Waals surface area contributed by atoms with Crippen LogP contribution in [-0.4, -0.2) is 10.1 Å². The van der Waals surface area contributed by atoms with Crippen molar-refractivity contribution in [3.8, 4) is 0 Å². The quantitative estimate of drug-likeness (QED) is 0.897. The molecule has 88 valence electrons. The minimum absolute atomic E-state index is 0.489. The largest absolute Gasteiger partial charge is 0.389 e. The van der Waals surface area contributed by atoms with E-state index in [1.165, 1.54) is 5.56 Å². The Morgan fingerprint density at radius 3 is 2.53 bits per heavy atom. The lowest BCUT2D eigenvalue weighted by Gasteiger charge is -2.10. The van der Waals surface area contributed by atoms with Gasteiger partial charge in [-0.05, 0) is 32.0 Å². The molecule has 1 atom stereocenters. The first-order chi connectivity index (χ1) is 8.16. The molecule has 0 aliphatic rings. The second kappa shape index (κ2) is 5.34. The molecule has 0 saturated carbocycles. The zero-order chi connectivity index (χ0) is 12.3. The number of pyridine rings is 1. The molecule has 1 aromatic carbocycles. The number of hydrogen-bond acceptors (Lipinski definition) is 3. The molecule has 3 heteroatoms. The minimum atomic E-state index is -0.489. The van der Waals surface area contributed by atoms with E-state index in [1.807, 2.05) is 12.1 Å². The fraction of sp³-hybridized carbons (Fsp3) is 0.214. The van der Waals surface area contributed by atoms with E-state index in [9.17, 15) is 5.11 Å². The van der Waals surface area contributed by atoms with Gasteiger partial charge in [0, 0.05) is 16.7 Å². The van der Waals surface area contributed by atoms with Crippen LogP contribution in [0.5, 0.6) is 0 Å². The van der Waals surface area contributed by atoms with Crippen LogP contribution in [0.25, 0.3) is 0 Å². The summed E-state index contributed by atoms with van der Waals surface area (Å²) in [6, 6.07) is 12.1. The van der Waals surface area contributed by atoms with E-state index in [0.29, 0.717) is 0 Å². The molecule has 0 saturated heterocycles. The first-order valence-corrected chi connectivity index (χ1v) is 6.36. The summed E-state index contributed by atoms with van der Waals surface area (Å²) >= 11 is 1.58. The Kier molecular flexibility index (Phi) is 3.82. The molecule has 0 amide bonds. The number of aromatic nitrogens is 1. The fourth-order valence-electron chi connectivity index (χ4n) is 1.52. The normalized spacial score (nSPS) is 12.4. The van der Waals surface area contributed by atoms with Crippen LogP contribution < -0.4 is 0 Å². The van der Waals surface area contributed by atoms with E-state index in [0.717, 1.165) is 15.5 Å². The van der Waals surface area contributed by atoms with E-state index in [1.54, 1.807) is 24.9 Å². The number of benzene rings is 1. The zero-order valence-electron chi connectivity index (χ0n) is 9.92. The average Bonchev–Trinajstić information content (AvgIpc) is 2.32. The summed E-state index contributed by atoms with van der Waals surface area (Å²) in [5.41, 5.74) is 2.11. The van der Waals surface area contributed by atoms with Crippen LogP contribution in [0.1, 0.15) is 24.2 Å². The number of hydrogen-bond donors (Lipinski definition) is 1. The molecule has 1 heterocycles. The van der Waals surface area contributed by atoms with Crippen LogP contribution in [0.3, 0.4) is 0 Å². The first-order valence-electron chi connectivity index (χ1n) is 5.54. The predicted octanol–water partition coefficient (Wildman–Crippen LogP) is 3.59. The van der Waals surface area contributed by atoms with Gasteiger partial charge in [-0.2, -0.15) is 0 Å². The van der Waals surface area contributed by atoms with Crippen molar-refractivity contribution < 1.29 is 5.11 Å². The third-order valence-electron chi connectivity index (χ3n) is 2.49. The molecule has 0 aliphatic heterocycles. The fourth-order valence-corrected chi connectivity index (χ4v) is 2.49. The van der Waals surface area contributed by atoms with E-state index < -0.39 is 6.10 Å². The van der Waals surface area contributed by atoms with Crippen LogP contribution in [0.2, 0.25) is 0 Å². The number of rotatable bonds is 3. The molecule has 1 N–H and O–H groups in total. The molecule has 17 heavy (non-hydrogen) atoms. The van der Waals surface area contributed by atoms with Gasteiger partial charge in [0.05, 0.1) is 6.10 Å². The SMILES string of the molecule is Cc1ccc(Sc2ncccc2C(C)O)cc1. The highest BCUT2D eigenvalue weighted by molar-refractivity contribution is 7.99. The van der Waals surface area contributed by atoms with Gasteiger partial charge in [-0.3, -0.25) is 0 Å². The second-order valence-electron chi connectivity index (χ2n) is 3.99. The van der Waals surface area contributed by atoms with Gasteiger partial charge in [0.25, 0.3) is 0 Å². The molecule has 2 nitrogen and oxygen atoms in total. The third-order valence-corrected chi connectivity index (χ3v) is 3.53. The van der Waals surface area contributed by atoms with Gasteiger partial charge in [0.1, 0.15) is 5.03 Å². The summed E-state index contributed by atoms with van der Waals surface area (Å²) in [5.74, 6) is 0. The van der Waals surface area contributed by atoms with Gasteiger partial charge >= 0.3 is 0 Å². The van der Waals surface area contributed by atoms with Crippen LogP contribution in [0.4, 0.5) is 0 Å². The van der Waals surface area contributed by atoms with Gasteiger partial charge in [0.2, 0.25) is 0 Å². The molecule has 0 aliphatic carbocycles. The highest BCUT2D eigenvalue weighted by atomic mass is 32.2. The highest BCUT2D eigenvalue weighted by Crippen LogP contribution is 2.31. The summed E-state index contributed by atoms with van der Waals surface area (Å²) in [5, 5.41) is 10.5. The van der Waals surface area contributed by atoms with Crippen molar-refractivity contribution >= 4 is 11.8 Å². The Hall–Kier alpha value is -1.32. The molecule has 0 radical (unpaired) electrons. The summed E-state index contributed by atoms with van der Waals surface area (Å²) in [7, 11) is 0. The maximum atomic E-state index is 9.67. The Balaban J connectivity index is 2.26. The van der Waals surface area contributed by atoms with Crippen molar-refractivity contribution in [1.82, 2.24) is 4.98 Å². The minimum Gasteiger partial charge on any atom is -0.389 e. The van der Waals surface area contributed by atoms with Gasteiger partial charge in [-0.15, -0.1) is 0 Å². The zero-order valence-corrected chi connectivity index (χ0v) is 10.7. The summed E-state index contributed by atoms with van der Waals surface area (Å²) < 4.78 is 0. The van der Waals surface area contributed by atoms with Crippen molar-refractivity contribution in [2.45, 2.75) is 29.9 Å². The number of nitrogens with zero attached hydrogens (tertiary/aromatic N) is 1. The van der Waals surface area contributed by atoms with Crippen LogP contribution in [-0.2, 0) is 0 Å². The topological polar surface area (TPSA) is 33.1 Å². The van der Waals surface area contributed by atoms with Crippen molar-refractivity contribution in [3.63, 3.8) is 0 Å². The Morgan fingerprint density at radius 1 is 1.18 bits per heavy atom. The summed E-state index contributed by atoms with van der Waals surface area (Å²) in [4.78, 5) is 5.46. The van der Waals surface area contributed by atoms with Crippen LogP contribution in [0.15, 0.2) is 52.5 Å². The average molecular weight is 245 g/mol. The Labute approximate surface area is 106 Å². The first kappa shape index (κ1) is 12.1. The van der Waals surface area contributed by atoms with Crippen molar-refractivity contribution in [2.24, 2.45) is 0 Å². The monoisotopic (exact) mass is 245 g/mol. The predicted molar refractivity (Wildman–Crippen MR) is 70.2 cm³/mol. The molecule has 0 bridgehead atoms. The second-order valence-corrected chi connectivity index (χ2v) is 5.05. The van der Waals surface area contributed by atoms with Gasteiger partial charge < -0.3 is 5.11 Å². The molecule has 0 fully saturated rings. The van der Waals surface area contributed by atoms with Gasteiger partial charge in [-0.25, -0.2) is 4.98 Å². The third kappa shape index (κ3) is 3.08. The summed E-state index contributed by atoms with van der Waals surface area (Å²) in [6.07, 6.45) is 1.26. The van der Waals surface area contributed by atoms with E-state index in [4.69, 9.17) is 0 Å². The maximum absolute atomic E-state index is 9.67. The smallest absolute Gasteiger partial charge is 0.106 e. The molecule has 2 rings (SSSR count). The number of aliphatic hydroxyl groups is 1. The van der Waals surface area contributed by atoms with Crippen molar-refractivity contribution in [3.05, 3.63) is 53.7 Å². The summed E-state index contributed by atoms with van der Waals surface area (Å²) in [6.45, 7) is 3.83. The van der Waals surface area contributed by atoms with Crippen LogP contribution in [0, 0.1) is 6.92 Å². The molecule has 0 spiro atoms. The number of aliphatic hydroxyl groups excluding tert-OH is 1. The Bertz CT molecular complexity index is 494. The molecular formula is C14H15NOS. The lowest BCUT2D eigenvalue weighted by Crippen LogP contribution is -1.95. The molecule has 1 aromatic heterocycles. The van der Waals surface area contributed by atoms with E-state index >= 15 is 0 Å². The number of aryl methyl sites for hydroxylation is 1. The highest BCUT2D eigenvalue weighted by Gasteiger charge is 2.09. The van der Waals surface area contributed by atoms with Gasteiger partial charge in [-0.1, -0.05) is 35.5 Å². The standard InChI is InChI=1S/C14H15NOS/c1-10-5-7-12(8-6-10)17-14-13(11(2)16)4-3-9-15-14/h3-9,11,16H,1-2H3. The van der Waals surface area contributed by atoms with Gasteiger partial charge in [0.15, 0.2) is 0 Å². The molecular weight excluding hydrogens is 230 g/mol. The lowest BCUT2D eigenvalue weighted by atomic mass is 10.2. The maximum Gasteiger partial charge on any atom is 0.106 e.